The number of rotatable bonds is 48. The smallest absolute Gasteiger partial charge is 0.306 e. The summed E-state index contributed by atoms with van der Waals surface area (Å²) >= 11 is 0. The van der Waals surface area contributed by atoms with E-state index in [-0.39, 0.29) is 31.1 Å². The van der Waals surface area contributed by atoms with E-state index in [0.29, 0.717) is 25.7 Å². The number of hydrogen-bond acceptors (Lipinski definition) is 6. The van der Waals surface area contributed by atoms with Gasteiger partial charge in [-0.2, -0.15) is 0 Å². The minimum atomic E-state index is -0.813. The Morgan fingerprint density at radius 3 is 0.985 bits per heavy atom. The van der Waals surface area contributed by atoms with E-state index in [1.54, 1.807) is 0 Å². The van der Waals surface area contributed by atoms with Gasteiger partial charge in [0.15, 0.2) is 6.10 Å². The van der Waals surface area contributed by atoms with Crippen LogP contribution in [0.5, 0.6) is 0 Å². The summed E-state index contributed by atoms with van der Waals surface area (Å²) in [5, 5.41) is 0. The molecule has 0 aliphatic heterocycles. The van der Waals surface area contributed by atoms with Crippen molar-refractivity contribution in [2.75, 3.05) is 13.2 Å². The number of carbonyl (C=O) groups is 3. The largest absolute Gasteiger partial charge is 0.462 e. The molecule has 6 heteroatoms. The molecule has 1 atom stereocenters. The fraction of sp³-hybridized carbons (Fsp3) is 0.629. The number of esters is 3. The van der Waals surface area contributed by atoms with Crippen LogP contribution in [0.1, 0.15) is 233 Å². The molecule has 1 unspecified atom stereocenters. The number of hydrogen-bond donors (Lipinski definition) is 0. The molecule has 0 aliphatic rings. The summed E-state index contributed by atoms with van der Waals surface area (Å²) in [5.41, 5.74) is 0. The van der Waals surface area contributed by atoms with Crippen LogP contribution in [0.3, 0.4) is 0 Å². The van der Waals surface area contributed by atoms with Gasteiger partial charge < -0.3 is 14.2 Å². The first-order valence-electron chi connectivity index (χ1n) is 27.5. The van der Waals surface area contributed by atoms with Gasteiger partial charge in [0.25, 0.3) is 0 Å². The maximum absolute atomic E-state index is 12.8. The first kappa shape index (κ1) is 63.8. The van der Waals surface area contributed by atoms with E-state index in [1.807, 2.05) is 0 Å². The van der Waals surface area contributed by atoms with Gasteiger partial charge in [0.1, 0.15) is 13.2 Å². The minimum absolute atomic E-state index is 0.108. The lowest BCUT2D eigenvalue weighted by Gasteiger charge is -2.18. The summed E-state index contributed by atoms with van der Waals surface area (Å²) in [6.45, 7) is 6.37. The molecule has 0 aromatic rings. The normalized spacial score (nSPS) is 13.0. The lowest BCUT2D eigenvalue weighted by atomic mass is 10.1. The molecule has 384 valence electrons. The van der Waals surface area contributed by atoms with Crippen molar-refractivity contribution in [2.24, 2.45) is 0 Å². The molecular weight excluding hydrogens is 841 g/mol. The molecule has 0 saturated heterocycles. The first-order valence-corrected chi connectivity index (χ1v) is 27.5. The highest BCUT2D eigenvalue weighted by atomic mass is 16.6. The van der Waals surface area contributed by atoms with Crippen molar-refractivity contribution in [1.29, 1.82) is 0 Å². The van der Waals surface area contributed by atoms with Crippen LogP contribution in [0.25, 0.3) is 0 Å². The predicted molar refractivity (Wildman–Crippen MR) is 293 cm³/mol. The molecule has 0 heterocycles. The Bertz CT molecular complexity index is 1450. The Morgan fingerprint density at radius 1 is 0.309 bits per heavy atom. The monoisotopic (exact) mass is 941 g/mol. The van der Waals surface area contributed by atoms with E-state index < -0.39 is 6.10 Å². The minimum Gasteiger partial charge on any atom is -0.462 e. The van der Waals surface area contributed by atoms with Gasteiger partial charge in [-0.15, -0.1) is 0 Å². The molecule has 0 rings (SSSR count). The summed E-state index contributed by atoms with van der Waals surface area (Å²) in [4.78, 5) is 38.1. The van der Waals surface area contributed by atoms with E-state index in [9.17, 15) is 14.4 Å². The SMILES string of the molecule is CC/C=C\C/C=C\C/C=C\C/C=C\C/C=C\C/C=C\CCCCC(=O)OCC(COC(=O)CCCCCCC/C=C\C/C=C\CCC)OC(=O)CCCCCCC/C=C\C/C=C\CCCCCC. The third kappa shape index (κ3) is 52.8. The molecule has 0 fully saturated rings. The number of ether oxygens (including phenoxy) is 3. The van der Waals surface area contributed by atoms with E-state index >= 15 is 0 Å². The molecule has 0 amide bonds. The average molecular weight is 941 g/mol. The Labute approximate surface area is 418 Å². The van der Waals surface area contributed by atoms with Crippen molar-refractivity contribution in [2.45, 2.75) is 239 Å². The second kappa shape index (κ2) is 55.4. The quantitative estimate of drug-likeness (QED) is 0.0262. The zero-order valence-electron chi connectivity index (χ0n) is 43.8. The molecule has 0 aromatic carbocycles. The van der Waals surface area contributed by atoms with Crippen LogP contribution in [-0.2, 0) is 28.6 Å². The summed E-state index contributed by atoms with van der Waals surface area (Å²) < 4.78 is 16.8. The van der Waals surface area contributed by atoms with Gasteiger partial charge in [0.05, 0.1) is 0 Å². The third-order valence-corrected chi connectivity index (χ3v) is 11.2. The molecule has 0 radical (unpaired) electrons. The predicted octanol–water partition coefficient (Wildman–Crippen LogP) is 18.5. The first-order chi connectivity index (χ1) is 33.5. The van der Waals surface area contributed by atoms with Crippen molar-refractivity contribution in [3.8, 4) is 0 Å². The lowest BCUT2D eigenvalue weighted by molar-refractivity contribution is -0.167. The van der Waals surface area contributed by atoms with Crippen molar-refractivity contribution >= 4 is 17.9 Å². The average Bonchev–Trinajstić information content (AvgIpc) is 3.34. The fourth-order valence-electron chi connectivity index (χ4n) is 7.04. The van der Waals surface area contributed by atoms with E-state index in [2.05, 4.69) is 142 Å². The van der Waals surface area contributed by atoms with Crippen molar-refractivity contribution in [3.05, 3.63) is 122 Å². The maximum atomic E-state index is 12.8. The molecule has 68 heavy (non-hydrogen) atoms. The lowest BCUT2D eigenvalue weighted by Crippen LogP contribution is -2.30. The van der Waals surface area contributed by atoms with E-state index in [0.717, 1.165) is 148 Å². The number of unbranched alkanes of at least 4 members (excludes halogenated alkanes) is 17. The van der Waals surface area contributed by atoms with Crippen LogP contribution >= 0.6 is 0 Å². The van der Waals surface area contributed by atoms with Crippen LogP contribution in [-0.4, -0.2) is 37.2 Å². The molecule has 0 aromatic heterocycles. The zero-order chi connectivity index (χ0) is 49.3. The van der Waals surface area contributed by atoms with Gasteiger partial charge in [-0.25, -0.2) is 0 Å². The van der Waals surface area contributed by atoms with Crippen molar-refractivity contribution in [3.63, 3.8) is 0 Å². The molecule has 0 saturated carbocycles. The molecular formula is C62H100O6. The second-order valence-electron chi connectivity index (χ2n) is 17.7. The fourth-order valence-corrected chi connectivity index (χ4v) is 7.04. The van der Waals surface area contributed by atoms with Crippen LogP contribution in [0, 0.1) is 0 Å². The van der Waals surface area contributed by atoms with E-state index in [1.165, 1.54) is 38.5 Å². The van der Waals surface area contributed by atoms with Crippen molar-refractivity contribution < 1.29 is 28.6 Å². The van der Waals surface area contributed by atoms with Crippen LogP contribution in [0.15, 0.2) is 122 Å². The Balaban J connectivity index is 4.51. The van der Waals surface area contributed by atoms with Crippen LogP contribution in [0.4, 0.5) is 0 Å². The van der Waals surface area contributed by atoms with Gasteiger partial charge in [0, 0.05) is 19.3 Å². The molecule has 0 aliphatic carbocycles. The summed E-state index contributed by atoms with van der Waals surface area (Å²) in [6.07, 6.45) is 76.1. The summed E-state index contributed by atoms with van der Waals surface area (Å²) in [6, 6.07) is 0. The van der Waals surface area contributed by atoms with E-state index in [4.69, 9.17) is 14.2 Å². The summed E-state index contributed by atoms with van der Waals surface area (Å²) in [7, 11) is 0. The molecule has 0 spiro atoms. The van der Waals surface area contributed by atoms with Gasteiger partial charge >= 0.3 is 17.9 Å². The molecule has 6 nitrogen and oxygen atoms in total. The topological polar surface area (TPSA) is 78.9 Å². The van der Waals surface area contributed by atoms with Gasteiger partial charge in [-0.3, -0.25) is 14.4 Å². The highest BCUT2D eigenvalue weighted by molar-refractivity contribution is 5.71. The Kier molecular flexibility index (Phi) is 52.0. The van der Waals surface area contributed by atoms with Gasteiger partial charge in [-0.05, 0) is 128 Å². The Hall–Kier alpha value is -4.19. The maximum Gasteiger partial charge on any atom is 0.306 e. The Morgan fingerprint density at radius 2 is 0.603 bits per heavy atom. The number of carbonyl (C=O) groups excluding carboxylic acids is 3. The highest BCUT2D eigenvalue weighted by Gasteiger charge is 2.19. The molecule has 0 N–H and O–H groups in total. The van der Waals surface area contributed by atoms with Crippen LogP contribution < -0.4 is 0 Å². The molecule has 0 bridgehead atoms. The highest BCUT2D eigenvalue weighted by Crippen LogP contribution is 2.13. The summed E-state index contributed by atoms with van der Waals surface area (Å²) in [5.74, 6) is -0.985. The van der Waals surface area contributed by atoms with Gasteiger partial charge in [-0.1, -0.05) is 206 Å². The zero-order valence-corrected chi connectivity index (χ0v) is 43.8. The number of allylic oxidation sites excluding steroid dienone is 20. The van der Waals surface area contributed by atoms with Crippen LogP contribution in [0.2, 0.25) is 0 Å². The van der Waals surface area contributed by atoms with Gasteiger partial charge in [0.2, 0.25) is 0 Å². The van der Waals surface area contributed by atoms with Crippen molar-refractivity contribution in [1.82, 2.24) is 0 Å². The second-order valence-corrected chi connectivity index (χ2v) is 17.7. The third-order valence-electron chi connectivity index (χ3n) is 11.2. The standard InChI is InChI=1S/C62H100O6/c1-4-7-10-13-16-19-22-25-27-29-30-31-32-33-35-37-40-43-46-49-52-55-61(64)67-58-59(57-66-60(63)54-51-48-45-42-39-36-24-21-18-15-12-9-6-3)68-62(65)56-53-50-47-44-41-38-34-28-26-23-20-17-14-11-8-5-2/h7,10,12,15-16,19-21,23-25,27-28,30-31,33-35,40,43,59H,4-6,8-9,11,13-14,17-18,22,26,29,32,36-39,41-42,44-58H2,1-3H3/b10-7-,15-12-,19-16-,23-20-,24-21-,27-25-,31-30-,34-28-,35-33-,43-40-.